The SMILES string of the molecule is COc1nc2sccn2c1CNC(C)(C)CO. The minimum absolute atomic E-state index is 0.0842. The first kappa shape index (κ1) is 12.3. The predicted octanol–water partition coefficient (Wildman–Crippen LogP) is 1.26. The number of aliphatic hydroxyl groups excluding tert-OH is 1. The largest absolute Gasteiger partial charge is 0.480 e. The molecule has 0 fully saturated rings. The van der Waals surface area contributed by atoms with Crippen LogP contribution in [0, 0.1) is 0 Å². The van der Waals surface area contributed by atoms with Crippen molar-refractivity contribution in [3.05, 3.63) is 17.3 Å². The molecule has 0 spiro atoms. The number of hydrogen-bond donors (Lipinski definition) is 2. The molecule has 0 aliphatic heterocycles. The van der Waals surface area contributed by atoms with E-state index in [-0.39, 0.29) is 12.1 Å². The van der Waals surface area contributed by atoms with E-state index in [0.717, 1.165) is 10.7 Å². The molecule has 2 rings (SSSR count). The normalized spacial score (nSPS) is 12.2. The number of imidazole rings is 1. The molecule has 0 aromatic carbocycles. The van der Waals surface area contributed by atoms with Gasteiger partial charge in [-0.05, 0) is 13.8 Å². The fraction of sp³-hybridized carbons (Fsp3) is 0.545. The summed E-state index contributed by atoms with van der Waals surface area (Å²) >= 11 is 1.57. The number of rotatable bonds is 5. The van der Waals surface area contributed by atoms with Gasteiger partial charge in [-0.2, -0.15) is 4.98 Å². The monoisotopic (exact) mass is 255 g/mol. The molecule has 0 bridgehead atoms. The van der Waals surface area contributed by atoms with Gasteiger partial charge in [0.1, 0.15) is 5.69 Å². The van der Waals surface area contributed by atoms with E-state index in [2.05, 4.69) is 10.3 Å². The van der Waals surface area contributed by atoms with Crippen LogP contribution in [0.3, 0.4) is 0 Å². The molecule has 0 amide bonds. The number of fused-ring (bicyclic) bond motifs is 1. The summed E-state index contributed by atoms with van der Waals surface area (Å²) in [5.41, 5.74) is 0.663. The third kappa shape index (κ3) is 2.43. The van der Waals surface area contributed by atoms with Crippen molar-refractivity contribution >= 4 is 16.3 Å². The summed E-state index contributed by atoms with van der Waals surface area (Å²) in [5.74, 6) is 0.637. The van der Waals surface area contributed by atoms with E-state index in [4.69, 9.17) is 4.74 Å². The Labute approximate surface area is 104 Å². The number of methoxy groups -OCH3 is 1. The van der Waals surface area contributed by atoms with Crippen LogP contribution in [0.2, 0.25) is 0 Å². The maximum atomic E-state index is 9.21. The highest BCUT2D eigenvalue weighted by Crippen LogP contribution is 2.23. The molecule has 0 saturated heterocycles. The minimum Gasteiger partial charge on any atom is -0.480 e. The quantitative estimate of drug-likeness (QED) is 0.844. The van der Waals surface area contributed by atoms with E-state index >= 15 is 0 Å². The fourth-order valence-electron chi connectivity index (χ4n) is 1.52. The van der Waals surface area contributed by atoms with E-state index in [0.29, 0.717) is 12.4 Å². The molecule has 0 aliphatic carbocycles. The highest BCUT2D eigenvalue weighted by molar-refractivity contribution is 7.15. The first-order valence-corrected chi connectivity index (χ1v) is 6.29. The molecule has 0 aliphatic rings. The molecule has 0 unspecified atom stereocenters. The second-order valence-corrected chi connectivity index (χ2v) is 5.39. The average Bonchev–Trinajstić information content (AvgIpc) is 2.86. The van der Waals surface area contributed by atoms with Crippen LogP contribution in [0.5, 0.6) is 5.88 Å². The van der Waals surface area contributed by atoms with Gasteiger partial charge in [0.15, 0.2) is 4.96 Å². The third-order valence-electron chi connectivity index (χ3n) is 2.65. The lowest BCUT2D eigenvalue weighted by molar-refractivity contribution is 0.186. The molecule has 0 atom stereocenters. The van der Waals surface area contributed by atoms with Crippen LogP contribution in [0.4, 0.5) is 0 Å². The van der Waals surface area contributed by atoms with Crippen LogP contribution in [-0.4, -0.2) is 33.7 Å². The lowest BCUT2D eigenvalue weighted by atomic mass is 10.1. The summed E-state index contributed by atoms with van der Waals surface area (Å²) in [6, 6.07) is 0. The first-order valence-electron chi connectivity index (χ1n) is 5.42. The number of aliphatic hydroxyl groups is 1. The molecule has 0 radical (unpaired) electrons. The van der Waals surface area contributed by atoms with Gasteiger partial charge >= 0.3 is 0 Å². The molecular weight excluding hydrogens is 238 g/mol. The van der Waals surface area contributed by atoms with E-state index < -0.39 is 0 Å². The average molecular weight is 255 g/mol. The van der Waals surface area contributed by atoms with Crippen LogP contribution in [0.1, 0.15) is 19.5 Å². The van der Waals surface area contributed by atoms with Crippen molar-refractivity contribution in [2.24, 2.45) is 0 Å². The van der Waals surface area contributed by atoms with Crippen LogP contribution >= 0.6 is 11.3 Å². The van der Waals surface area contributed by atoms with Gasteiger partial charge in [0.25, 0.3) is 0 Å². The van der Waals surface area contributed by atoms with Gasteiger partial charge in [0, 0.05) is 23.7 Å². The molecule has 2 heterocycles. The zero-order valence-electron chi connectivity index (χ0n) is 10.2. The molecule has 2 aromatic rings. The number of thiazole rings is 1. The van der Waals surface area contributed by atoms with Gasteiger partial charge in [-0.1, -0.05) is 0 Å². The van der Waals surface area contributed by atoms with Gasteiger partial charge in [-0.15, -0.1) is 11.3 Å². The molecule has 2 N–H and O–H groups in total. The van der Waals surface area contributed by atoms with Crippen LogP contribution in [0.25, 0.3) is 4.96 Å². The minimum atomic E-state index is -0.314. The fourth-order valence-corrected chi connectivity index (χ4v) is 2.24. The van der Waals surface area contributed by atoms with E-state index in [1.54, 1.807) is 18.4 Å². The van der Waals surface area contributed by atoms with Crippen molar-refractivity contribution in [2.75, 3.05) is 13.7 Å². The second-order valence-electron chi connectivity index (χ2n) is 4.52. The second kappa shape index (κ2) is 4.64. The maximum Gasteiger partial charge on any atom is 0.237 e. The predicted molar refractivity (Wildman–Crippen MR) is 67.6 cm³/mol. The number of nitrogens with one attached hydrogen (secondary N) is 1. The highest BCUT2D eigenvalue weighted by Gasteiger charge is 2.19. The van der Waals surface area contributed by atoms with Crippen LogP contribution in [0.15, 0.2) is 11.6 Å². The standard InChI is InChI=1S/C11H17N3O2S/c1-11(2,7-15)12-6-8-9(16-3)13-10-14(8)4-5-17-10/h4-5,12,15H,6-7H2,1-3H3. The van der Waals surface area contributed by atoms with Crippen molar-refractivity contribution in [1.82, 2.24) is 14.7 Å². The molecule has 0 saturated carbocycles. The van der Waals surface area contributed by atoms with Crippen molar-refractivity contribution in [3.63, 3.8) is 0 Å². The Balaban J connectivity index is 2.24. The Morgan fingerprint density at radius 2 is 2.35 bits per heavy atom. The summed E-state index contributed by atoms with van der Waals surface area (Å²) in [5, 5.41) is 14.5. The zero-order valence-corrected chi connectivity index (χ0v) is 11.0. The van der Waals surface area contributed by atoms with Gasteiger partial charge in [0.2, 0.25) is 5.88 Å². The van der Waals surface area contributed by atoms with Gasteiger partial charge in [0.05, 0.1) is 13.7 Å². The topological polar surface area (TPSA) is 58.8 Å². The Morgan fingerprint density at radius 3 is 3.00 bits per heavy atom. The molecule has 17 heavy (non-hydrogen) atoms. The van der Waals surface area contributed by atoms with Crippen molar-refractivity contribution in [3.8, 4) is 5.88 Å². The Bertz CT molecular complexity index is 504. The number of hydrogen-bond acceptors (Lipinski definition) is 5. The van der Waals surface area contributed by atoms with Crippen LogP contribution in [-0.2, 0) is 6.54 Å². The van der Waals surface area contributed by atoms with Crippen molar-refractivity contribution < 1.29 is 9.84 Å². The first-order chi connectivity index (χ1) is 8.07. The van der Waals surface area contributed by atoms with Crippen molar-refractivity contribution in [2.45, 2.75) is 25.9 Å². The molecule has 5 nitrogen and oxygen atoms in total. The Morgan fingerprint density at radius 1 is 1.59 bits per heavy atom. The summed E-state index contributed by atoms with van der Waals surface area (Å²) in [6.45, 7) is 4.59. The van der Waals surface area contributed by atoms with E-state index in [9.17, 15) is 5.11 Å². The number of ether oxygens (including phenoxy) is 1. The zero-order chi connectivity index (χ0) is 12.5. The van der Waals surface area contributed by atoms with Crippen LogP contribution < -0.4 is 10.1 Å². The Hall–Kier alpha value is -1.11. The van der Waals surface area contributed by atoms with Gasteiger partial charge in [-0.3, -0.25) is 4.40 Å². The summed E-state index contributed by atoms with van der Waals surface area (Å²) in [6.07, 6.45) is 1.97. The molecule has 6 heteroatoms. The Kier molecular flexibility index (Phi) is 3.37. The molecule has 2 aromatic heterocycles. The third-order valence-corrected chi connectivity index (χ3v) is 3.40. The van der Waals surface area contributed by atoms with Crippen molar-refractivity contribution in [1.29, 1.82) is 0 Å². The van der Waals surface area contributed by atoms with E-state index in [1.807, 2.05) is 29.8 Å². The molecular formula is C11H17N3O2S. The lowest BCUT2D eigenvalue weighted by Crippen LogP contribution is -2.42. The number of nitrogens with zero attached hydrogens (tertiary/aromatic N) is 2. The lowest BCUT2D eigenvalue weighted by Gasteiger charge is -2.23. The summed E-state index contributed by atoms with van der Waals surface area (Å²) in [7, 11) is 1.62. The van der Waals surface area contributed by atoms with E-state index in [1.165, 1.54) is 0 Å². The highest BCUT2D eigenvalue weighted by atomic mass is 32.1. The summed E-state index contributed by atoms with van der Waals surface area (Å²) in [4.78, 5) is 5.29. The maximum absolute atomic E-state index is 9.21. The number of aromatic nitrogens is 2. The van der Waals surface area contributed by atoms with Gasteiger partial charge in [-0.25, -0.2) is 0 Å². The van der Waals surface area contributed by atoms with Gasteiger partial charge < -0.3 is 15.2 Å². The molecule has 94 valence electrons. The summed E-state index contributed by atoms with van der Waals surface area (Å²) < 4.78 is 7.26. The smallest absolute Gasteiger partial charge is 0.237 e.